The fourth-order valence-corrected chi connectivity index (χ4v) is 3.10. The monoisotopic (exact) mass is 288 g/mol. The van der Waals surface area contributed by atoms with E-state index in [-0.39, 0.29) is 17.9 Å². The number of piperazine rings is 1. The summed E-state index contributed by atoms with van der Waals surface area (Å²) in [7, 11) is 0. The third-order valence-electron chi connectivity index (χ3n) is 4.25. The van der Waals surface area contributed by atoms with E-state index in [1.165, 1.54) is 22.3 Å². The van der Waals surface area contributed by atoms with Gasteiger partial charge in [0.05, 0.1) is 0 Å². The molecule has 1 unspecified atom stereocenters. The Morgan fingerprint density at radius 3 is 2.52 bits per heavy atom. The molecule has 0 aliphatic carbocycles. The first-order valence-corrected chi connectivity index (χ1v) is 7.54. The molecule has 1 atom stereocenters. The van der Waals surface area contributed by atoms with Gasteiger partial charge in [0.2, 0.25) is 11.8 Å². The van der Waals surface area contributed by atoms with E-state index >= 15 is 0 Å². The molecule has 2 amide bonds. The molecule has 0 aromatic heterocycles. The fourth-order valence-electron chi connectivity index (χ4n) is 3.10. The quantitative estimate of drug-likeness (QED) is 0.923. The summed E-state index contributed by atoms with van der Waals surface area (Å²) >= 11 is 0. The molecule has 0 bridgehead atoms. The molecular weight excluding hydrogens is 264 g/mol. The lowest BCUT2D eigenvalue weighted by Gasteiger charge is -2.33. The minimum atomic E-state index is -0.355. The van der Waals surface area contributed by atoms with Crippen LogP contribution in [-0.2, 0) is 16.0 Å². The normalized spacial score (nSPS) is 18.6. The number of carbonyl (C=O) groups excluding carboxylic acids is 2. The molecular formula is C17H24N2O2. The highest BCUT2D eigenvalue weighted by molar-refractivity contribution is 5.88. The van der Waals surface area contributed by atoms with Gasteiger partial charge in [-0.05, 0) is 50.8 Å². The van der Waals surface area contributed by atoms with Crippen LogP contribution < -0.4 is 5.32 Å². The Morgan fingerprint density at radius 1 is 1.29 bits per heavy atom. The van der Waals surface area contributed by atoms with E-state index in [1.54, 1.807) is 11.8 Å². The van der Waals surface area contributed by atoms with Crippen LogP contribution in [0.3, 0.4) is 0 Å². The van der Waals surface area contributed by atoms with Crippen molar-refractivity contribution in [1.29, 1.82) is 0 Å². The summed E-state index contributed by atoms with van der Waals surface area (Å²) in [5.74, 6) is 0.00835. The lowest BCUT2D eigenvalue weighted by Crippen LogP contribution is -2.55. The highest BCUT2D eigenvalue weighted by Gasteiger charge is 2.28. The van der Waals surface area contributed by atoms with Gasteiger partial charge in [-0.1, -0.05) is 17.7 Å². The van der Waals surface area contributed by atoms with Crippen molar-refractivity contribution in [2.45, 2.75) is 46.6 Å². The number of hydrogen-bond acceptors (Lipinski definition) is 2. The molecule has 1 N–H and O–H groups in total. The van der Waals surface area contributed by atoms with Crippen LogP contribution in [0.25, 0.3) is 0 Å². The second-order valence-electron chi connectivity index (χ2n) is 5.93. The maximum absolute atomic E-state index is 12.4. The average molecular weight is 288 g/mol. The average Bonchev–Trinajstić information content (AvgIpc) is 2.40. The number of hydrogen-bond donors (Lipinski definition) is 1. The fraction of sp³-hybridized carbons (Fsp3) is 0.529. The number of nitrogens with one attached hydrogen (secondary N) is 1. The highest BCUT2D eigenvalue weighted by Crippen LogP contribution is 2.19. The van der Waals surface area contributed by atoms with Crippen LogP contribution in [0, 0.1) is 20.8 Å². The van der Waals surface area contributed by atoms with Crippen LogP contribution in [0.1, 0.15) is 35.6 Å². The minimum Gasteiger partial charge on any atom is -0.353 e. The molecule has 0 spiro atoms. The molecule has 2 rings (SSSR count). The van der Waals surface area contributed by atoms with E-state index < -0.39 is 0 Å². The van der Waals surface area contributed by atoms with Crippen molar-refractivity contribution < 1.29 is 9.59 Å². The summed E-state index contributed by atoms with van der Waals surface area (Å²) < 4.78 is 0. The molecule has 1 fully saturated rings. The van der Waals surface area contributed by atoms with Gasteiger partial charge in [0.15, 0.2) is 0 Å². The molecule has 0 saturated carbocycles. The number of amides is 2. The molecule has 0 radical (unpaired) electrons. The summed E-state index contributed by atoms with van der Waals surface area (Å²) in [4.78, 5) is 25.7. The van der Waals surface area contributed by atoms with Crippen molar-refractivity contribution in [2.75, 3.05) is 13.1 Å². The third kappa shape index (κ3) is 3.43. The maximum Gasteiger partial charge on any atom is 0.242 e. The van der Waals surface area contributed by atoms with Gasteiger partial charge < -0.3 is 10.2 Å². The molecule has 4 heteroatoms. The lowest BCUT2D eigenvalue weighted by atomic mass is 9.96. The van der Waals surface area contributed by atoms with Crippen LogP contribution >= 0.6 is 0 Å². The molecule has 1 heterocycles. The Morgan fingerprint density at radius 2 is 1.90 bits per heavy atom. The van der Waals surface area contributed by atoms with Gasteiger partial charge in [-0.2, -0.15) is 0 Å². The summed E-state index contributed by atoms with van der Waals surface area (Å²) in [5.41, 5.74) is 4.99. The molecule has 1 aliphatic rings. The van der Waals surface area contributed by atoms with Crippen molar-refractivity contribution >= 4 is 11.8 Å². The smallest absolute Gasteiger partial charge is 0.242 e. The van der Waals surface area contributed by atoms with Gasteiger partial charge in [-0.3, -0.25) is 9.59 Å². The van der Waals surface area contributed by atoms with Crippen LogP contribution in [0.4, 0.5) is 0 Å². The molecule has 1 aliphatic heterocycles. The number of nitrogens with zero attached hydrogens (tertiary/aromatic N) is 1. The minimum absolute atomic E-state index is 0.0581. The predicted octanol–water partition coefficient (Wildman–Crippen LogP) is 1.89. The number of benzene rings is 1. The first-order chi connectivity index (χ1) is 9.90. The van der Waals surface area contributed by atoms with E-state index in [0.717, 1.165) is 6.42 Å². The van der Waals surface area contributed by atoms with E-state index in [9.17, 15) is 9.59 Å². The zero-order valence-electron chi connectivity index (χ0n) is 13.3. The van der Waals surface area contributed by atoms with Gasteiger partial charge >= 0.3 is 0 Å². The summed E-state index contributed by atoms with van der Waals surface area (Å²) in [5, 5.41) is 2.78. The molecule has 21 heavy (non-hydrogen) atoms. The Hall–Kier alpha value is -1.84. The lowest BCUT2D eigenvalue weighted by molar-refractivity contribution is -0.142. The molecule has 1 aromatic rings. The van der Waals surface area contributed by atoms with Gasteiger partial charge in [-0.25, -0.2) is 0 Å². The van der Waals surface area contributed by atoms with Gasteiger partial charge in [0, 0.05) is 19.5 Å². The van der Waals surface area contributed by atoms with E-state index in [4.69, 9.17) is 0 Å². The topological polar surface area (TPSA) is 49.4 Å². The second-order valence-corrected chi connectivity index (χ2v) is 5.93. The zero-order chi connectivity index (χ0) is 15.6. The zero-order valence-corrected chi connectivity index (χ0v) is 13.3. The SMILES string of the molecule is Cc1cc(C)c(CCC(=O)N2CCNC(=O)C2C)c(C)c1. The van der Waals surface area contributed by atoms with Crippen molar-refractivity contribution in [1.82, 2.24) is 10.2 Å². The Bertz CT molecular complexity index is 543. The van der Waals surface area contributed by atoms with Crippen molar-refractivity contribution in [2.24, 2.45) is 0 Å². The summed E-state index contributed by atoms with van der Waals surface area (Å²) in [6.45, 7) is 9.22. The maximum atomic E-state index is 12.4. The highest BCUT2D eigenvalue weighted by atomic mass is 16.2. The van der Waals surface area contributed by atoms with E-state index in [2.05, 4.69) is 38.2 Å². The van der Waals surface area contributed by atoms with Crippen molar-refractivity contribution in [3.63, 3.8) is 0 Å². The van der Waals surface area contributed by atoms with Gasteiger partial charge in [0.1, 0.15) is 6.04 Å². The first kappa shape index (κ1) is 15.5. The largest absolute Gasteiger partial charge is 0.353 e. The van der Waals surface area contributed by atoms with Crippen LogP contribution in [0.15, 0.2) is 12.1 Å². The second kappa shape index (κ2) is 6.29. The van der Waals surface area contributed by atoms with E-state index in [0.29, 0.717) is 19.5 Å². The molecule has 1 aromatic carbocycles. The summed E-state index contributed by atoms with van der Waals surface area (Å²) in [6, 6.07) is 3.96. The standard InChI is InChI=1S/C17H24N2O2/c1-11-9-12(2)15(13(3)10-11)5-6-16(20)19-8-7-18-17(21)14(19)4/h9-10,14H,5-8H2,1-4H3,(H,18,21). The third-order valence-corrected chi connectivity index (χ3v) is 4.25. The van der Waals surface area contributed by atoms with Crippen LogP contribution in [0.5, 0.6) is 0 Å². The molecule has 1 saturated heterocycles. The Balaban J connectivity index is 2.03. The number of rotatable bonds is 3. The Kier molecular flexibility index (Phi) is 4.66. The van der Waals surface area contributed by atoms with Crippen LogP contribution in [-0.4, -0.2) is 35.8 Å². The van der Waals surface area contributed by atoms with Crippen molar-refractivity contribution in [3.05, 3.63) is 34.4 Å². The molecule has 4 nitrogen and oxygen atoms in total. The molecule has 114 valence electrons. The Labute approximate surface area is 126 Å². The van der Waals surface area contributed by atoms with Gasteiger partial charge in [-0.15, -0.1) is 0 Å². The van der Waals surface area contributed by atoms with E-state index in [1.807, 2.05) is 0 Å². The first-order valence-electron chi connectivity index (χ1n) is 7.54. The van der Waals surface area contributed by atoms with Gasteiger partial charge in [0.25, 0.3) is 0 Å². The number of carbonyl (C=O) groups is 2. The number of aryl methyl sites for hydroxylation is 3. The van der Waals surface area contributed by atoms with Crippen molar-refractivity contribution in [3.8, 4) is 0 Å². The van der Waals surface area contributed by atoms with Crippen LogP contribution in [0.2, 0.25) is 0 Å². The predicted molar refractivity (Wildman–Crippen MR) is 83.2 cm³/mol. The summed E-state index contributed by atoms with van der Waals surface area (Å²) in [6.07, 6.45) is 1.20.